The normalized spacial score (nSPS) is 14.3. The minimum Gasteiger partial charge on any atom is -0.273 e. The van der Waals surface area contributed by atoms with Crippen LogP contribution in [-0.4, -0.2) is 11.8 Å². The van der Waals surface area contributed by atoms with Crippen LogP contribution in [0.1, 0.15) is 18.4 Å². The van der Waals surface area contributed by atoms with Crippen molar-refractivity contribution in [2.75, 3.05) is 0 Å². The minimum atomic E-state index is -0.336. The van der Waals surface area contributed by atoms with Gasteiger partial charge in [0.2, 0.25) is 5.91 Å². The summed E-state index contributed by atoms with van der Waals surface area (Å²) in [5.41, 5.74) is 5.79. The highest BCUT2D eigenvalue weighted by Gasteiger charge is 2.29. The maximum atomic E-state index is 11.7. The van der Waals surface area contributed by atoms with Gasteiger partial charge >= 0.3 is 0 Å². The molecule has 21 heavy (non-hydrogen) atoms. The third-order valence-electron chi connectivity index (χ3n) is 3.49. The van der Waals surface area contributed by atoms with Crippen molar-refractivity contribution >= 4 is 28.7 Å². The monoisotopic (exact) mass is 280 g/mol. The molecule has 0 spiro atoms. The van der Waals surface area contributed by atoms with Crippen molar-refractivity contribution in [2.24, 2.45) is 5.92 Å². The molecule has 4 nitrogen and oxygen atoms in total. The number of amides is 2. The van der Waals surface area contributed by atoms with Gasteiger partial charge < -0.3 is 0 Å². The Morgan fingerprint density at radius 1 is 1.00 bits per heavy atom. The van der Waals surface area contributed by atoms with Crippen molar-refractivity contribution in [3.05, 3.63) is 54.1 Å². The summed E-state index contributed by atoms with van der Waals surface area (Å²) in [5, 5.41) is 2.22. The number of rotatable bonds is 3. The van der Waals surface area contributed by atoms with Crippen LogP contribution in [-0.2, 0) is 9.59 Å². The van der Waals surface area contributed by atoms with Crippen LogP contribution in [0.25, 0.3) is 16.8 Å². The maximum Gasteiger partial charge on any atom is 0.262 e. The van der Waals surface area contributed by atoms with Crippen LogP contribution in [0.5, 0.6) is 0 Å². The topological polar surface area (TPSA) is 58.2 Å². The van der Waals surface area contributed by atoms with Crippen molar-refractivity contribution in [2.45, 2.75) is 12.8 Å². The third kappa shape index (κ3) is 3.28. The van der Waals surface area contributed by atoms with Crippen molar-refractivity contribution in [3.8, 4) is 0 Å². The van der Waals surface area contributed by atoms with Gasteiger partial charge in [0.15, 0.2) is 0 Å². The first kappa shape index (κ1) is 13.4. The van der Waals surface area contributed by atoms with Gasteiger partial charge in [-0.2, -0.15) is 0 Å². The number of carbonyl (C=O) groups excluding carboxylic acids is 2. The summed E-state index contributed by atoms with van der Waals surface area (Å²) in [7, 11) is 0. The fourth-order valence-corrected chi connectivity index (χ4v) is 2.17. The molecule has 4 heteroatoms. The molecule has 0 radical (unpaired) electrons. The third-order valence-corrected chi connectivity index (χ3v) is 3.49. The fourth-order valence-electron chi connectivity index (χ4n) is 2.17. The molecule has 2 amide bonds. The fraction of sp³-hybridized carbons (Fsp3) is 0.176. The van der Waals surface area contributed by atoms with E-state index in [0.717, 1.165) is 29.2 Å². The van der Waals surface area contributed by atoms with Crippen molar-refractivity contribution in [3.63, 3.8) is 0 Å². The average molecular weight is 280 g/mol. The lowest BCUT2D eigenvalue weighted by Crippen LogP contribution is -2.41. The molecule has 3 rings (SSSR count). The lowest BCUT2D eigenvalue weighted by molar-refractivity contribution is -0.127. The smallest absolute Gasteiger partial charge is 0.262 e. The molecule has 2 N–H and O–H groups in total. The lowest BCUT2D eigenvalue weighted by Gasteiger charge is -2.04. The van der Waals surface area contributed by atoms with Gasteiger partial charge in [0.1, 0.15) is 0 Å². The largest absolute Gasteiger partial charge is 0.273 e. The SMILES string of the molecule is O=C(C=Cc1cccc2ccccc12)NNC(=O)C1CC1. The van der Waals surface area contributed by atoms with Crippen LogP contribution in [0.4, 0.5) is 0 Å². The molecular weight excluding hydrogens is 264 g/mol. The Labute approximate surface area is 122 Å². The molecule has 1 fully saturated rings. The van der Waals surface area contributed by atoms with Crippen LogP contribution >= 0.6 is 0 Å². The van der Waals surface area contributed by atoms with E-state index in [-0.39, 0.29) is 17.7 Å². The number of hydrogen-bond acceptors (Lipinski definition) is 2. The van der Waals surface area contributed by atoms with E-state index in [1.807, 2.05) is 42.5 Å². The predicted octanol–water partition coefficient (Wildman–Crippen LogP) is 2.41. The zero-order valence-corrected chi connectivity index (χ0v) is 11.5. The molecule has 0 saturated heterocycles. The van der Waals surface area contributed by atoms with E-state index in [4.69, 9.17) is 0 Å². The van der Waals surface area contributed by atoms with Crippen molar-refractivity contribution in [1.82, 2.24) is 10.9 Å². The molecule has 0 atom stereocenters. The average Bonchev–Trinajstić information content (AvgIpc) is 3.35. The van der Waals surface area contributed by atoms with Gasteiger partial charge in [0.25, 0.3) is 5.91 Å². The van der Waals surface area contributed by atoms with E-state index in [9.17, 15) is 9.59 Å². The van der Waals surface area contributed by atoms with Gasteiger partial charge in [-0.15, -0.1) is 0 Å². The van der Waals surface area contributed by atoms with E-state index >= 15 is 0 Å². The standard InChI is InChI=1S/C17H16N2O2/c20-16(18-19-17(21)14-8-9-14)11-10-13-6-3-5-12-4-1-2-7-15(12)13/h1-7,10-11,14H,8-9H2,(H,18,20)(H,19,21). The molecule has 1 saturated carbocycles. The maximum absolute atomic E-state index is 11.7. The number of hydrazine groups is 1. The van der Waals surface area contributed by atoms with E-state index in [2.05, 4.69) is 10.9 Å². The second kappa shape index (κ2) is 5.79. The van der Waals surface area contributed by atoms with E-state index in [0.29, 0.717) is 0 Å². The van der Waals surface area contributed by atoms with Crippen LogP contribution in [0.15, 0.2) is 48.5 Å². The van der Waals surface area contributed by atoms with Crippen molar-refractivity contribution in [1.29, 1.82) is 0 Å². The number of fused-ring (bicyclic) bond motifs is 1. The highest BCUT2D eigenvalue weighted by atomic mass is 16.2. The quantitative estimate of drug-likeness (QED) is 0.670. The van der Waals surface area contributed by atoms with Crippen LogP contribution in [0.2, 0.25) is 0 Å². The van der Waals surface area contributed by atoms with Crippen LogP contribution in [0.3, 0.4) is 0 Å². The van der Waals surface area contributed by atoms with Gasteiger partial charge in [-0.3, -0.25) is 20.4 Å². The molecule has 2 aromatic carbocycles. The second-order valence-electron chi connectivity index (χ2n) is 5.15. The van der Waals surface area contributed by atoms with E-state index in [1.54, 1.807) is 6.08 Å². The summed E-state index contributed by atoms with van der Waals surface area (Å²) in [6, 6.07) is 13.9. The minimum absolute atomic E-state index is 0.0762. The van der Waals surface area contributed by atoms with Gasteiger partial charge in [-0.1, -0.05) is 42.5 Å². The Kier molecular flexibility index (Phi) is 3.69. The molecule has 0 heterocycles. The first-order chi connectivity index (χ1) is 10.2. The second-order valence-corrected chi connectivity index (χ2v) is 5.15. The Morgan fingerprint density at radius 2 is 1.76 bits per heavy atom. The zero-order chi connectivity index (χ0) is 14.7. The summed E-state index contributed by atoms with van der Waals surface area (Å²) in [6.45, 7) is 0. The molecule has 106 valence electrons. The molecule has 1 aliphatic rings. The lowest BCUT2D eigenvalue weighted by atomic mass is 10.0. The Morgan fingerprint density at radius 3 is 2.57 bits per heavy atom. The molecular formula is C17H16N2O2. The number of benzene rings is 2. The highest BCUT2D eigenvalue weighted by Crippen LogP contribution is 2.28. The number of carbonyl (C=O) groups is 2. The molecule has 1 aliphatic carbocycles. The van der Waals surface area contributed by atoms with Crippen LogP contribution < -0.4 is 10.9 Å². The highest BCUT2D eigenvalue weighted by molar-refractivity contribution is 5.97. The van der Waals surface area contributed by atoms with Gasteiger partial charge in [-0.25, -0.2) is 0 Å². The first-order valence-corrected chi connectivity index (χ1v) is 7.00. The summed E-state index contributed by atoms with van der Waals surface area (Å²) in [6.07, 6.45) is 5.00. The molecule has 0 aromatic heterocycles. The van der Waals surface area contributed by atoms with Gasteiger partial charge in [-0.05, 0) is 35.3 Å². The molecule has 0 aliphatic heterocycles. The van der Waals surface area contributed by atoms with Gasteiger partial charge in [0, 0.05) is 12.0 Å². The summed E-state index contributed by atoms with van der Waals surface area (Å²) < 4.78 is 0. The summed E-state index contributed by atoms with van der Waals surface area (Å²) >= 11 is 0. The molecule has 0 unspecified atom stereocenters. The van der Waals surface area contributed by atoms with E-state index < -0.39 is 0 Å². The van der Waals surface area contributed by atoms with Crippen LogP contribution in [0, 0.1) is 5.92 Å². The Balaban J connectivity index is 1.66. The first-order valence-electron chi connectivity index (χ1n) is 7.00. The van der Waals surface area contributed by atoms with E-state index in [1.165, 1.54) is 6.08 Å². The van der Waals surface area contributed by atoms with Crippen molar-refractivity contribution < 1.29 is 9.59 Å². The zero-order valence-electron chi connectivity index (χ0n) is 11.5. The van der Waals surface area contributed by atoms with Gasteiger partial charge in [0.05, 0.1) is 0 Å². The predicted molar refractivity (Wildman–Crippen MR) is 82.0 cm³/mol. The number of nitrogens with one attached hydrogen (secondary N) is 2. The summed E-state index contributed by atoms with van der Waals surface area (Å²) in [4.78, 5) is 23.1. The summed E-state index contributed by atoms with van der Waals surface area (Å²) in [5.74, 6) is -0.369. The Bertz CT molecular complexity index is 712. The Hall–Kier alpha value is -2.62. The molecule has 2 aromatic rings. The number of hydrogen-bond donors (Lipinski definition) is 2. The molecule has 0 bridgehead atoms.